The highest BCUT2D eigenvalue weighted by Gasteiger charge is 2.17. The number of hydrogen-bond donors (Lipinski definition) is 1. The Labute approximate surface area is 91.8 Å². The minimum atomic E-state index is -0.548. The van der Waals surface area contributed by atoms with E-state index in [9.17, 15) is 5.11 Å². The predicted molar refractivity (Wildman–Crippen MR) is 57.6 cm³/mol. The molecule has 1 aromatic heterocycles. The number of halogens is 1. The molecule has 4 heteroatoms. The average molecular weight is 231 g/mol. The Morgan fingerprint density at radius 3 is 3.00 bits per heavy atom. The minimum absolute atomic E-state index is 0.548. The van der Waals surface area contributed by atoms with Gasteiger partial charge in [0.15, 0.2) is 0 Å². The van der Waals surface area contributed by atoms with Crippen LogP contribution in [0.4, 0.5) is 0 Å². The molecular formula is C10H11ClO2S. The van der Waals surface area contributed by atoms with Gasteiger partial charge in [-0.25, -0.2) is 0 Å². The van der Waals surface area contributed by atoms with E-state index in [0.29, 0.717) is 5.02 Å². The zero-order valence-corrected chi connectivity index (χ0v) is 9.14. The van der Waals surface area contributed by atoms with Crippen molar-refractivity contribution in [2.75, 3.05) is 6.61 Å². The zero-order valence-electron chi connectivity index (χ0n) is 7.57. The number of thiophene rings is 1. The molecule has 2 nitrogen and oxygen atoms in total. The Morgan fingerprint density at radius 2 is 2.43 bits per heavy atom. The van der Waals surface area contributed by atoms with E-state index < -0.39 is 6.10 Å². The van der Waals surface area contributed by atoms with E-state index in [1.165, 1.54) is 11.3 Å². The first-order chi connectivity index (χ1) is 6.77. The molecule has 0 fully saturated rings. The van der Waals surface area contributed by atoms with Crippen LogP contribution in [0.2, 0.25) is 5.02 Å². The molecule has 0 aliphatic carbocycles. The molecule has 0 bridgehead atoms. The maximum Gasteiger partial charge on any atom is 0.112 e. The third-order valence-electron chi connectivity index (χ3n) is 2.17. The van der Waals surface area contributed by atoms with Crippen LogP contribution in [0, 0.1) is 0 Å². The zero-order chi connectivity index (χ0) is 9.97. The molecule has 0 saturated carbocycles. The van der Waals surface area contributed by atoms with Crippen molar-refractivity contribution in [3.8, 4) is 0 Å². The second-order valence-corrected chi connectivity index (χ2v) is 4.62. The molecule has 0 radical (unpaired) electrons. The summed E-state index contributed by atoms with van der Waals surface area (Å²) < 4.78 is 5.18. The molecule has 2 rings (SSSR count). The van der Waals surface area contributed by atoms with Crippen LogP contribution in [0.5, 0.6) is 0 Å². The number of aliphatic hydroxyl groups is 1. The quantitative estimate of drug-likeness (QED) is 0.846. The van der Waals surface area contributed by atoms with Gasteiger partial charge < -0.3 is 9.84 Å². The molecule has 0 saturated heterocycles. The molecule has 1 aliphatic heterocycles. The largest absolute Gasteiger partial charge is 0.501 e. The number of hydrogen-bond acceptors (Lipinski definition) is 3. The van der Waals surface area contributed by atoms with E-state index in [0.717, 1.165) is 29.9 Å². The van der Waals surface area contributed by atoms with Crippen LogP contribution in [-0.4, -0.2) is 11.7 Å². The lowest BCUT2D eigenvalue weighted by atomic mass is 10.0. The van der Waals surface area contributed by atoms with Gasteiger partial charge in [0.05, 0.1) is 17.9 Å². The highest BCUT2D eigenvalue weighted by Crippen LogP contribution is 2.32. The second-order valence-electron chi connectivity index (χ2n) is 3.24. The van der Waals surface area contributed by atoms with E-state index in [-0.39, 0.29) is 0 Å². The molecule has 1 N–H and O–H groups in total. The highest BCUT2D eigenvalue weighted by atomic mass is 35.5. The van der Waals surface area contributed by atoms with Crippen LogP contribution in [0.25, 0.3) is 0 Å². The van der Waals surface area contributed by atoms with Gasteiger partial charge in [-0.3, -0.25) is 0 Å². The summed E-state index contributed by atoms with van der Waals surface area (Å²) in [7, 11) is 0. The molecule has 0 aromatic carbocycles. The van der Waals surface area contributed by atoms with Crippen molar-refractivity contribution in [2.24, 2.45) is 0 Å². The van der Waals surface area contributed by atoms with Gasteiger partial charge in [-0.05, 0) is 24.5 Å². The van der Waals surface area contributed by atoms with Crippen LogP contribution < -0.4 is 0 Å². The third-order valence-corrected chi connectivity index (χ3v) is 3.50. The standard InChI is InChI=1S/C10H11ClO2S/c11-8-4-9(14-6-8)10(12)7-2-1-3-13-5-7/h4-6,10,12H,1-3H2. The molecule has 2 heterocycles. The van der Waals surface area contributed by atoms with Crippen LogP contribution >= 0.6 is 22.9 Å². The Bertz CT molecular complexity index is 346. The van der Waals surface area contributed by atoms with Gasteiger partial charge in [0.2, 0.25) is 0 Å². The lowest BCUT2D eigenvalue weighted by Crippen LogP contribution is -2.06. The van der Waals surface area contributed by atoms with Gasteiger partial charge in [-0.1, -0.05) is 11.6 Å². The summed E-state index contributed by atoms with van der Waals surface area (Å²) in [5, 5.41) is 12.5. The van der Waals surface area contributed by atoms with E-state index in [1.807, 2.05) is 5.38 Å². The second kappa shape index (κ2) is 4.34. The molecule has 0 amide bonds. The van der Waals surface area contributed by atoms with Crippen molar-refractivity contribution < 1.29 is 9.84 Å². The molecule has 1 aromatic rings. The Kier molecular flexibility index (Phi) is 3.11. The summed E-state index contributed by atoms with van der Waals surface area (Å²) >= 11 is 7.26. The summed E-state index contributed by atoms with van der Waals surface area (Å²) in [4.78, 5) is 0.881. The number of ether oxygens (including phenoxy) is 1. The average Bonchev–Trinajstić information content (AvgIpc) is 2.65. The summed E-state index contributed by atoms with van der Waals surface area (Å²) in [6.07, 6.45) is 2.99. The van der Waals surface area contributed by atoms with Crippen molar-refractivity contribution in [1.82, 2.24) is 0 Å². The first-order valence-electron chi connectivity index (χ1n) is 4.50. The number of rotatable bonds is 2. The molecule has 14 heavy (non-hydrogen) atoms. The fourth-order valence-electron chi connectivity index (χ4n) is 1.44. The van der Waals surface area contributed by atoms with Crippen molar-refractivity contribution >= 4 is 22.9 Å². The van der Waals surface area contributed by atoms with Gasteiger partial charge >= 0.3 is 0 Å². The Morgan fingerprint density at radius 1 is 1.57 bits per heavy atom. The fraction of sp³-hybridized carbons (Fsp3) is 0.400. The van der Waals surface area contributed by atoms with Crippen LogP contribution in [-0.2, 0) is 4.74 Å². The van der Waals surface area contributed by atoms with E-state index in [2.05, 4.69) is 0 Å². The van der Waals surface area contributed by atoms with E-state index in [1.54, 1.807) is 12.3 Å². The lowest BCUT2D eigenvalue weighted by molar-refractivity contribution is 0.172. The van der Waals surface area contributed by atoms with Crippen molar-refractivity contribution in [1.29, 1.82) is 0 Å². The van der Waals surface area contributed by atoms with Crippen LogP contribution in [0.1, 0.15) is 23.8 Å². The first kappa shape index (κ1) is 10.0. The third kappa shape index (κ3) is 2.11. The Balaban J connectivity index is 2.14. The maximum absolute atomic E-state index is 9.96. The monoisotopic (exact) mass is 230 g/mol. The Hall–Kier alpha value is -0.510. The van der Waals surface area contributed by atoms with Gasteiger partial charge in [-0.15, -0.1) is 11.3 Å². The van der Waals surface area contributed by atoms with E-state index >= 15 is 0 Å². The van der Waals surface area contributed by atoms with Crippen molar-refractivity contribution in [3.05, 3.63) is 33.2 Å². The summed E-state index contributed by atoms with van der Waals surface area (Å²) in [6, 6.07) is 1.80. The van der Waals surface area contributed by atoms with Gasteiger partial charge in [0.25, 0.3) is 0 Å². The van der Waals surface area contributed by atoms with Crippen LogP contribution in [0.15, 0.2) is 23.3 Å². The molecule has 76 valence electrons. The van der Waals surface area contributed by atoms with Gasteiger partial charge in [0.1, 0.15) is 6.10 Å². The highest BCUT2D eigenvalue weighted by molar-refractivity contribution is 7.10. The lowest BCUT2D eigenvalue weighted by Gasteiger charge is -2.17. The predicted octanol–water partition coefficient (Wildman–Crippen LogP) is 3.13. The molecule has 1 aliphatic rings. The van der Waals surface area contributed by atoms with Crippen molar-refractivity contribution in [2.45, 2.75) is 18.9 Å². The van der Waals surface area contributed by atoms with Gasteiger partial charge in [-0.2, -0.15) is 0 Å². The summed E-state index contributed by atoms with van der Waals surface area (Å²) in [6.45, 7) is 0.751. The normalized spacial score (nSPS) is 18.6. The smallest absolute Gasteiger partial charge is 0.112 e. The van der Waals surface area contributed by atoms with E-state index in [4.69, 9.17) is 16.3 Å². The fourth-order valence-corrected chi connectivity index (χ4v) is 2.55. The summed E-state index contributed by atoms with van der Waals surface area (Å²) in [5.74, 6) is 0. The molecule has 0 spiro atoms. The van der Waals surface area contributed by atoms with Gasteiger partial charge in [0, 0.05) is 10.3 Å². The first-order valence-corrected chi connectivity index (χ1v) is 5.75. The van der Waals surface area contributed by atoms with Crippen molar-refractivity contribution in [3.63, 3.8) is 0 Å². The molecular weight excluding hydrogens is 220 g/mol. The van der Waals surface area contributed by atoms with Crippen LogP contribution in [0.3, 0.4) is 0 Å². The summed E-state index contributed by atoms with van der Waals surface area (Å²) in [5.41, 5.74) is 0.940. The molecule has 1 atom stereocenters. The maximum atomic E-state index is 9.96. The minimum Gasteiger partial charge on any atom is -0.501 e. The molecule has 1 unspecified atom stereocenters. The number of aliphatic hydroxyl groups excluding tert-OH is 1. The SMILES string of the molecule is OC(C1=COCCC1)c1cc(Cl)cs1. The topological polar surface area (TPSA) is 29.5 Å².